The Balaban J connectivity index is 2.40. The molecule has 1 rings (SSSR count). The molecule has 0 bridgehead atoms. The third-order valence-corrected chi connectivity index (χ3v) is 2.78. The Kier molecular flexibility index (Phi) is 7.69. The highest BCUT2D eigenvalue weighted by molar-refractivity contribution is 5.87. The number of nitrogens with zero attached hydrogens (tertiary/aromatic N) is 1. The van der Waals surface area contributed by atoms with Crippen molar-refractivity contribution in [2.45, 2.75) is 26.3 Å². The van der Waals surface area contributed by atoms with Crippen molar-refractivity contribution in [3.05, 3.63) is 29.8 Å². The molecular formula is C15H24N2O3. The second-order valence-corrected chi connectivity index (χ2v) is 4.88. The summed E-state index contributed by atoms with van der Waals surface area (Å²) in [5, 5.41) is 15.3. The maximum absolute atomic E-state index is 8.91. The fourth-order valence-electron chi connectivity index (χ4n) is 1.58. The average Bonchev–Trinajstić information content (AvgIpc) is 2.46. The number of methoxy groups -OCH3 is 1. The van der Waals surface area contributed by atoms with E-state index >= 15 is 0 Å². The lowest BCUT2D eigenvalue weighted by atomic mass is 10.1. The predicted octanol–water partition coefficient (Wildman–Crippen LogP) is 2.08. The van der Waals surface area contributed by atoms with E-state index in [9.17, 15) is 0 Å². The summed E-state index contributed by atoms with van der Waals surface area (Å²) < 4.78 is 10.6. The second-order valence-electron chi connectivity index (χ2n) is 4.88. The molecule has 1 aromatic rings. The molecule has 20 heavy (non-hydrogen) atoms. The van der Waals surface area contributed by atoms with Crippen LogP contribution in [0.2, 0.25) is 0 Å². The first-order valence-electron chi connectivity index (χ1n) is 6.79. The minimum absolute atomic E-state index is 0.271. The zero-order valence-electron chi connectivity index (χ0n) is 12.4. The molecule has 0 saturated heterocycles. The van der Waals surface area contributed by atoms with E-state index in [1.807, 2.05) is 38.1 Å². The van der Waals surface area contributed by atoms with Gasteiger partial charge >= 0.3 is 0 Å². The zero-order valence-corrected chi connectivity index (χ0v) is 12.4. The van der Waals surface area contributed by atoms with Crippen molar-refractivity contribution in [2.24, 2.45) is 5.16 Å². The molecule has 1 aromatic carbocycles. The summed E-state index contributed by atoms with van der Waals surface area (Å²) in [4.78, 5) is 0. The monoisotopic (exact) mass is 280 g/mol. The van der Waals surface area contributed by atoms with Crippen LogP contribution in [0.4, 0.5) is 0 Å². The number of benzene rings is 1. The van der Waals surface area contributed by atoms with Crippen LogP contribution < -0.4 is 10.1 Å². The minimum atomic E-state index is 0.271. The quantitative estimate of drug-likeness (QED) is 0.413. The van der Waals surface area contributed by atoms with Gasteiger partial charge in [-0.25, -0.2) is 0 Å². The largest absolute Gasteiger partial charge is 0.487 e. The summed E-state index contributed by atoms with van der Waals surface area (Å²) in [5.41, 5.74) is 1.78. The number of hydrogen-bond acceptors (Lipinski definition) is 5. The van der Waals surface area contributed by atoms with Gasteiger partial charge in [-0.2, -0.15) is 0 Å². The Bertz CT molecular complexity index is 402. The van der Waals surface area contributed by atoms with E-state index < -0.39 is 0 Å². The average molecular weight is 280 g/mol. The molecule has 0 fully saturated rings. The summed E-state index contributed by atoms with van der Waals surface area (Å²) in [5.74, 6) is 0.761. The van der Waals surface area contributed by atoms with E-state index in [0.717, 1.165) is 12.2 Å². The molecular weight excluding hydrogens is 256 g/mol. The lowest BCUT2D eigenvalue weighted by Gasteiger charge is -2.11. The molecule has 0 unspecified atom stereocenters. The summed E-state index contributed by atoms with van der Waals surface area (Å²) in [7, 11) is 1.69. The van der Waals surface area contributed by atoms with Gasteiger partial charge in [0.25, 0.3) is 0 Å². The Morgan fingerprint density at radius 2 is 2.00 bits per heavy atom. The van der Waals surface area contributed by atoms with Crippen LogP contribution in [-0.2, 0) is 11.2 Å². The molecule has 0 heterocycles. The third-order valence-electron chi connectivity index (χ3n) is 2.78. The van der Waals surface area contributed by atoms with E-state index in [0.29, 0.717) is 24.9 Å². The van der Waals surface area contributed by atoms with Crippen molar-refractivity contribution in [3.63, 3.8) is 0 Å². The van der Waals surface area contributed by atoms with Gasteiger partial charge in [0.15, 0.2) is 0 Å². The fraction of sp³-hybridized carbons (Fsp3) is 0.533. The van der Waals surface area contributed by atoms with Crippen LogP contribution in [0, 0.1) is 0 Å². The van der Waals surface area contributed by atoms with Gasteiger partial charge in [0, 0.05) is 19.7 Å². The molecule has 0 aromatic heterocycles. The molecule has 0 aliphatic rings. The normalized spacial score (nSPS) is 11.9. The summed E-state index contributed by atoms with van der Waals surface area (Å²) >= 11 is 0. The van der Waals surface area contributed by atoms with Crippen molar-refractivity contribution < 1.29 is 14.7 Å². The highest BCUT2D eigenvalue weighted by Crippen LogP contribution is 2.12. The van der Waals surface area contributed by atoms with Gasteiger partial charge in [0.2, 0.25) is 0 Å². The number of hydrogen-bond donors (Lipinski definition) is 2. The SMILES string of the molecule is COCCc1ccc(OC/C(CNC(C)C)=N/O)cc1. The summed E-state index contributed by atoms with van der Waals surface area (Å²) in [6, 6.07) is 8.19. The van der Waals surface area contributed by atoms with Crippen molar-refractivity contribution in [2.75, 3.05) is 26.9 Å². The lowest BCUT2D eigenvalue weighted by molar-refractivity contribution is 0.202. The van der Waals surface area contributed by atoms with Crippen molar-refractivity contribution in [1.82, 2.24) is 5.32 Å². The molecule has 0 aliphatic carbocycles. The minimum Gasteiger partial charge on any atom is -0.487 e. The topological polar surface area (TPSA) is 63.1 Å². The molecule has 5 nitrogen and oxygen atoms in total. The molecule has 112 valence electrons. The van der Waals surface area contributed by atoms with Crippen molar-refractivity contribution in [3.8, 4) is 5.75 Å². The van der Waals surface area contributed by atoms with E-state index in [4.69, 9.17) is 14.7 Å². The molecule has 0 atom stereocenters. The van der Waals surface area contributed by atoms with E-state index in [2.05, 4.69) is 10.5 Å². The third kappa shape index (κ3) is 6.54. The van der Waals surface area contributed by atoms with E-state index in [-0.39, 0.29) is 6.61 Å². The van der Waals surface area contributed by atoms with Crippen molar-refractivity contribution in [1.29, 1.82) is 0 Å². The van der Waals surface area contributed by atoms with Crippen LogP contribution in [0.1, 0.15) is 19.4 Å². The molecule has 2 N–H and O–H groups in total. The molecule has 0 radical (unpaired) electrons. The Morgan fingerprint density at radius 3 is 2.55 bits per heavy atom. The molecule has 0 aliphatic heterocycles. The van der Waals surface area contributed by atoms with Crippen LogP contribution in [0.15, 0.2) is 29.4 Å². The second kappa shape index (κ2) is 9.34. The predicted molar refractivity (Wildman–Crippen MR) is 79.9 cm³/mol. The van der Waals surface area contributed by atoms with Gasteiger partial charge in [0.05, 0.1) is 6.61 Å². The van der Waals surface area contributed by atoms with Crippen LogP contribution in [0.25, 0.3) is 0 Å². The van der Waals surface area contributed by atoms with Gasteiger partial charge in [-0.1, -0.05) is 31.1 Å². The Labute approximate surface area is 120 Å². The number of ether oxygens (including phenoxy) is 2. The number of rotatable bonds is 9. The van der Waals surface area contributed by atoms with Gasteiger partial charge in [0.1, 0.15) is 18.1 Å². The van der Waals surface area contributed by atoms with Crippen LogP contribution in [-0.4, -0.2) is 43.8 Å². The van der Waals surface area contributed by atoms with Crippen LogP contribution in [0.5, 0.6) is 5.75 Å². The van der Waals surface area contributed by atoms with Crippen LogP contribution >= 0.6 is 0 Å². The smallest absolute Gasteiger partial charge is 0.131 e. The van der Waals surface area contributed by atoms with Gasteiger partial charge in [-0.15, -0.1) is 0 Å². The lowest BCUT2D eigenvalue weighted by Crippen LogP contribution is -2.32. The zero-order chi connectivity index (χ0) is 14.8. The fourth-order valence-corrected chi connectivity index (χ4v) is 1.58. The molecule has 0 spiro atoms. The highest BCUT2D eigenvalue weighted by atomic mass is 16.5. The Morgan fingerprint density at radius 1 is 1.30 bits per heavy atom. The highest BCUT2D eigenvalue weighted by Gasteiger charge is 2.03. The standard InChI is InChI=1S/C15H24N2O3/c1-12(2)16-10-14(17-18)11-20-15-6-4-13(5-7-15)8-9-19-3/h4-7,12,16,18H,8-11H2,1-3H3/b17-14+. The first kappa shape index (κ1) is 16.5. The van der Waals surface area contributed by atoms with E-state index in [1.165, 1.54) is 5.56 Å². The molecule has 0 saturated carbocycles. The maximum Gasteiger partial charge on any atom is 0.131 e. The molecule has 5 heteroatoms. The molecule has 0 amide bonds. The van der Waals surface area contributed by atoms with Crippen molar-refractivity contribution >= 4 is 5.71 Å². The first-order valence-corrected chi connectivity index (χ1v) is 6.79. The number of oxime groups is 1. The van der Waals surface area contributed by atoms with E-state index in [1.54, 1.807) is 7.11 Å². The van der Waals surface area contributed by atoms with Gasteiger partial charge in [-0.3, -0.25) is 0 Å². The van der Waals surface area contributed by atoms with Gasteiger partial charge in [-0.05, 0) is 24.1 Å². The van der Waals surface area contributed by atoms with Gasteiger partial charge < -0.3 is 20.0 Å². The Hall–Kier alpha value is -1.59. The number of nitrogens with one attached hydrogen (secondary N) is 1. The summed E-state index contributed by atoms with van der Waals surface area (Å²) in [6.45, 7) is 5.57. The maximum atomic E-state index is 8.91. The van der Waals surface area contributed by atoms with Crippen LogP contribution in [0.3, 0.4) is 0 Å². The summed E-state index contributed by atoms with van der Waals surface area (Å²) in [6.07, 6.45) is 0.887. The first-order chi connectivity index (χ1) is 9.65.